The maximum absolute atomic E-state index is 12.9. The first-order chi connectivity index (χ1) is 14.9. The lowest BCUT2D eigenvalue weighted by atomic mass is 9.48. The minimum atomic E-state index is -3.78. The Bertz CT molecular complexity index is 1120. The highest BCUT2D eigenvalue weighted by Gasteiger charge is 2.51. The van der Waals surface area contributed by atoms with Gasteiger partial charge in [0.25, 0.3) is 15.9 Å². The van der Waals surface area contributed by atoms with Crippen molar-refractivity contribution in [3.05, 3.63) is 48.0 Å². The molecule has 0 radical (unpaired) electrons. The van der Waals surface area contributed by atoms with Crippen LogP contribution in [0, 0.1) is 17.8 Å². The number of fused-ring (bicyclic) bond motifs is 1. The highest BCUT2D eigenvalue weighted by atomic mass is 32.2. The fourth-order valence-corrected chi connectivity index (χ4v) is 7.88. The van der Waals surface area contributed by atoms with E-state index in [9.17, 15) is 13.2 Å². The SMILES string of the molecule is O=C1COc2ccc(S(=O)(=O)Nc3ccc(C45CC6CC(CC(C6)C4)C5)cc3)cc2N1. The molecule has 4 aliphatic carbocycles. The normalized spacial score (nSPS) is 31.0. The summed E-state index contributed by atoms with van der Waals surface area (Å²) in [5.41, 5.74) is 2.58. The monoisotopic (exact) mass is 438 g/mol. The summed E-state index contributed by atoms with van der Waals surface area (Å²) < 4.78 is 33.8. The van der Waals surface area contributed by atoms with Crippen LogP contribution in [0.1, 0.15) is 44.1 Å². The van der Waals surface area contributed by atoms with Crippen molar-refractivity contribution in [2.75, 3.05) is 16.6 Å². The second kappa shape index (κ2) is 6.73. The van der Waals surface area contributed by atoms with Gasteiger partial charge in [-0.1, -0.05) is 12.1 Å². The molecule has 4 bridgehead atoms. The van der Waals surface area contributed by atoms with Gasteiger partial charge in [0.1, 0.15) is 5.75 Å². The van der Waals surface area contributed by atoms with E-state index in [1.54, 1.807) is 6.07 Å². The summed E-state index contributed by atoms with van der Waals surface area (Å²) >= 11 is 0. The van der Waals surface area contributed by atoms with Crippen molar-refractivity contribution < 1.29 is 17.9 Å². The van der Waals surface area contributed by atoms with E-state index in [-0.39, 0.29) is 17.4 Å². The number of carbonyl (C=O) groups excluding carboxylic acids is 1. The number of sulfonamides is 1. The Morgan fingerprint density at radius 1 is 0.935 bits per heavy atom. The number of amides is 1. The van der Waals surface area contributed by atoms with Crippen molar-refractivity contribution in [3.63, 3.8) is 0 Å². The third-order valence-electron chi connectivity index (χ3n) is 7.68. The minimum Gasteiger partial charge on any atom is -0.482 e. The summed E-state index contributed by atoms with van der Waals surface area (Å²) in [6, 6.07) is 12.5. The summed E-state index contributed by atoms with van der Waals surface area (Å²) in [7, 11) is -3.78. The van der Waals surface area contributed by atoms with Crippen LogP contribution in [0.4, 0.5) is 11.4 Å². The van der Waals surface area contributed by atoms with Crippen molar-refractivity contribution in [2.45, 2.75) is 48.8 Å². The van der Waals surface area contributed by atoms with Crippen molar-refractivity contribution in [1.82, 2.24) is 0 Å². The first kappa shape index (κ1) is 19.2. The number of hydrogen-bond acceptors (Lipinski definition) is 4. The zero-order chi connectivity index (χ0) is 21.2. The Morgan fingerprint density at radius 3 is 2.23 bits per heavy atom. The summed E-state index contributed by atoms with van der Waals surface area (Å²) in [6.45, 7) is -0.0621. The van der Waals surface area contributed by atoms with E-state index in [4.69, 9.17) is 4.74 Å². The van der Waals surface area contributed by atoms with E-state index in [0.29, 0.717) is 22.5 Å². The molecular formula is C24H26N2O4S. The van der Waals surface area contributed by atoms with Crippen LogP contribution >= 0.6 is 0 Å². The Balaban J connectivity index is 1.23. The molecule has 162 valence electrons. The Kier molecular flexibility index (Phi) is 4.16. The second-order valence-corrected chi connectivity index (χ2v) is 11.6. The van der Waals surface area contributed by atoms with Gasteiger partial charge in [0.2, 0.25) is 0 Å². The van der Waals surface area contributed by atoms with Crippen LogP contribution < -0.4 is 14.8 Å². The largest absolute Gasteiger partial charge is 0.482 e. The molecule has 2 N–H and O–H groups in total. The van der Waals surface area contributed by atoms with E-state index >= 15 is 0 Å². The molecular weight excluding hydrogens is 412 g/mol. The smallest absolute Gasteiger partial charge is 0.262 e. The first-order valence-electron chi connectivity index (χ1n) is 11.1. The van der Waals surface area contributed by atoms with Gasteiger partial charge in [-0.25, -0.2) is 8.42 Å². The molecule has 0 spiro atoms. The van der Waals surface area contributed by atoms with Crippen molar-refractivity contribution in [2.24, 2.45) is 17.8 Å². The number of rotatable bonds is 4. The Labute approximate surface area is 182 Å². The predicted molar refractivity (Wildman–Crippen MR) is 118 cm³/mol. The maximum atomic E-state index is 12.9. The van der Waals surface area contributed by atoms with Gasteiger partial charge in [0.15, 0.2) is 6.61 Å². The van der Waals surface area contributed by atoms with Crippen LogP contribution in [0.25, 0.3) is 0 Å². The molecule has 4 fully saturated rings. The first-order valence-corrected chi connectivity index (χ1v) is 12.6. The highest BCUT2D eigenvalue weighted by molar-refractivity contribution is 7.92. The van der Waals surface area contributed by atoms with Crippen molar-refractivity contribution in [1.29, 1.82) is 0 Å². The molecule has 1 amide bonds. The van der Waals surface area contributed by atoms with Gasteiger partial charge in [0, 0.05) is 5.69 Å². The topological polar surface area (TPSA) is 84.5 Å². The van der Waals surface area contributed by atoms with Gasteiger partial charge in [0.05, 0.1) is 10.6 Å². The van der Waals surface area contributed by atoms with Crippen molar-refractivity contribution in [3.8, 4) is 5.75 Å². The molecule has 2 aromatic rings. The van der Waals surface area contributed by atoms with Gasteiger partial charge < -0.3 is 10.1 Å². The average Bonchev–Trinajstić information content (AvgIpc) is 2.72. The van der Waals surface area contributed by atoms with Crippen LogP contribution in [-0.4, -0.2) is 20.9 Å². The molecule has 4 saturated carbocycles. The molecule has 7 rings (SSSR count). The van der Waals surface area contributed by atoms with Gasteiger partial charge >= 0.3 is 0 Å². The molecule has 0 unspecified atom stereocenters. The summed E-state index contributed by atoms with van der Waals surface area (Å²) in [5.74, 6) is 2.79. The molecule has 2 aromatic carbocycles. The lowest BCUT2D eigenvalue weighted by Crippen LogP contribution is -2.48. The second-order valence-electron chi connectivity index (χ2n) is 9.88. The molecule has 0 aromatic heterocycles. The number of nitrogens with one attached hydrogen (secondary N) is 2. The van der Waals surface area contributed by atoms with Gasteiger partial charge in [-0.15, -0.1) is 0 Å². The minimum absolute atomic E-state index is 0.0621. The lowest BCUT2D eigenvalue weighted by Gasteiger charge is -2.57. The zero-order valence-electron chi connectivity index (χ0n) is 17.3. The van der Waals surface area contributed by atoms with Crippen LogP contribution in [0.3, 0.4) is 0 Å². The van der Waals surface area contributed by atoms with E-state index in [2.05, 4.69) is 22.2 Å². The van der Waals surface area contributed by atoms with E-state index < -0.39 is 10.0 Å². The third kappa shape index (κ3) is 3.30. The third-order valence-corrected chi connectivity index (χ3v) is 9.06. The van der Waals surface area contributed by atoms with Crippen LogP contribution in [-0.2, 0) is 20.2 Å². The predicted octanol–water partition coefficient (Wildman–Crippen LogP) is 4.29. The molecule has 1 aliphatic heterocycles. The molecule has 1 heterocycles. The van der Waals surface area contributed by atoms with Crippen LogP contribution in [0.15, 0.2) is 47.4 Å². The molecule has 31 heavy (non-hydrogen) atoms. The molecule has 0 saturated heterocycles. The number of benzene rings is 2. The molecule has 5 aliphatic rings. The molecule has 6 nitrogen and oxygen atoms in total. The summed E-state index contributed by atoms with van der Waals surface area (Å²) in [5, 5.41) is 2.65. The van der Waals surface area contributed by atoms with Gasteiger partial charge in [-0.05, 0) is 97.6 Å². The molecule has 0 atom stereocenters. The number of carbonyl (C=O) groups is 1. The van der Waals surface area contributed by atoms with Crippen LogP contribution in [0.5, 0.6) is 5.75 Å². The zero-order valence-corrected chi connectivity index (χ0v) is 18.1. The van der Waals surface area contributed by atoms with Gasteiger partial charge in [-0.2, -0.15) is 0 Å². The Morgan fingerprint density at radius 2 is 1.58 bits per heavy atom. The van der Waals surface area contributed by atoms with Crippen molar-refractivity contribution >= 4 is 27.3 Å². The number of ether oxygens (including phenoxy) is 1. The van der Waals surface area contributed by atoms with E-state index in [1.807, 2.05) is 12.1 Å². The average molecular weight is 439 g/mol. The Hall–Kier alpha value is -2.54. The fraction of sp³-hybridized carbons (Fsp3) is 0.458. The summed E-state index contributed by atoms with van der Waals surface area (Å²) in [4.78, 5) is 11.6. The van der Waals surface area contributed by atoms with Gasteiger partial charge in [-0.3, -0.25) is 9.52 Å². The lowest BCUT2D eigenvalue weighted by molar-refractivity contribution is -0.118. The number of hydrogen-bond donors (Lipinski definition) is 2. The highest BCUT2D eigenvalue weighted by Crippen LogP contribution is 2.60. The maximum Gasteiger partial charge on any atom is 0.262 e. The standard InChI is InChI=1S/C24H26N2O4S/c27-23-14-30-22-6-5-20(10-21(22)25-23)31(28,29)26-19-3-1-18(2-4-19)24-11-15-7-16(12-24)9-17(8-15)13-24/h1-6,10,15-17,26H,7-9,11-14H2,(H,25,27). The quantitative estimate of drug-likeness (QED) is 0.746. The fourth-order valence-electron chi connectivity index (χ4n) is 6.80. The van der Waals surface area contributed by atoms with Crippen LogP contribution in [0.2, 0.25) is 0 Å². The number of anilines is 2. The van der Waals surface area contributed by atoms with E-state index in [1.165, 1.54) is 56.2 Å². The summed E-state index contributed by atoms with van der Waals surface area (Å²) in [6.07, 6.45) is 8.07. The molecule has 7 heteroatoms. The van der Waals surface area contributed by atoms with E-state index in [0.717, 1.165) is 17.8 Å².